The molecule has 5 nitrogen and oxygen atoms in total. The summed E-state index contributed by atoms with van der Waals surface area (Å²) in [5.41, 5.74) is 0.620. The first-order chi connectivity index (χ1) is 5.68. The van der Waals surface area contributed by atoms with Crippen LogP contribution in [-0.2, 0) is 7.05 Å². The molecule has 2 aromatic heterocycles. The minimum Gasteiger partial charge on any atom is -0.269 e. The molecule has 0 bridgehead atoms. The highest BCUT2D eigenvalue weighted by molar-refractivity contribution is 5.27. The van der Waals surface area contributed by atoms with Crippen LogP contribution in [0.1, 0.15) is 5.69 Å². The van der Waals surface area contributed by atoms with Gasteiger partial charge < -0.3 is 0 Å². The first kappa shape index (κ1) is 7.02. The van der Waals surface area contributed by atoms with E-state index in [0.717, 1.165) is 0 Å². The van der Waals surface area contributed by atoms with Gasteiger partial charge in [-0.25, -0.2) is 14.1 Å². The zero-order valence-corrected chi connectivity index (χ0v) is 6.85. The fourth-order valence-electron chi connectivity index (χ4n) is 1.11. The van der Waals surface area contributed by atoms with Crippen LogP contribution >= 0.6 is 0 Å². The molecule has 0 aliphatic carbocycles. The summed E-state index contributed by atoms with van der Waals surface area (Å²) in [6.45, 7) is 1.79. The molecule has 0 aromatic carbocycles. The third kappa shape index (κ3) is 0.827. The molecule has 0 N–H and O–H groups in total. The lowest BCUT2D eigenvalue weighted by Crippen LogP contribution is -2.13. The molecule has 0 radical (unpaired) electrons. The van der Waals surface area contributed by atoms with Gasteiger partial charge in [0.25, 0.3) is 5.56 Å². The maximum absolute atomic E-state index is 11.3. The average molecular weight is 164 g/mol. The molecule has 0 unspecified atom stereocenters. The van der Waals surface area contributed by atoms with E-state index >= 15 is 0 Å². The van der Waals surface area contributed by atoms with Crippen molar-refractivity contribution in [1.82, 2.24) is 19.2 Å². The van der Waals surface area contributed by atoms with E-state index in [2.05, 4.69) is 10.1 Å². The maximum atomic E-state index is 11.3. The summed E-state index contributed by atoms with van der Waals surface area (Å²) < 4.78 is 2.97. The van der Waals surface area contributed by atoms with Crippen LogP contribution in [0.15, 0.2) is 17.2 Å². The van der Waals surface area contributed by atoms with E-state index in [4.69, 9.17) is 0 Å². The smallest absolute Gasteiger partial charge is 0.260 e. The number of rotatable bonds is 0. The Labute approximate surface area is 68.3 Å². The number of aryl methyl sites for hydroxylation is 2. The van der Waals surface area contributed by atoms with Gasteiger partial charge in [-0.2, -0.15) is 5.10 Å². The minimum atomic E-state index is -0.0920. The quantitative estimate of drug-likeness (QED) is 0.539. The van der Waals surface area contributed by atoms with Gasteiger partial charge in [-0.15, -0.1) is 0 Å². The first-order valence-corrected chi connectivity index (χ1v) is 3.56. The van der Waals surface area contributed by atoms with Crippen LogP contribution in [0.25, 0.3) is 5.78 Å². The Morgan fingerprint density at radius 3 is 3.00 bits per heavy atom. The summed E-state index contributed by atoms with van der Waals surface area (Å²) in [5.74, 6) is 0.569. The summed E-state index contributed by atoms with van der Waals surface area (Å²) in [6, 6.07) is 1.48. The van der Waals surface area contributed by atoms with Gasteiger partial charge in [0.15, 0.2) is 0 Å². The molecule has 0 saturated heterocycles. The maximum Gasteiger partial charge on any atom is 0.260 e. The molecule has 0 aliphatic rings. The Morgan fingerprint density at radius 2 is 2.25 bits per heavy atom. The molecule has 2 aromatic rings. The van der Waals surface area contributed by atoms with Gasteiger partial charge in [0.2, 0.25) is 5.78 Å². The fraction of sp³-hybridized carbons (Fsp3) is 0.286. The largest absolute Gasteiger partial charge is 0.269 e. The predicted molar refractivity (Wildman–Crippen MR) is 43.0 cm³/mol. The topological polar surface area (TPSA) is 52.2 Å². The van der Waals surface area contributed by atoms with Gasteiger partial charge in [-0.1, -0.05) is 0 Å². The van der Waals surface area contributed by atoms with E-state index in [1.165, 1.54) is 16.8 Å². The van der Waals surface area contributed by atoms with Crippen LogP contribution in [0.4, 0.5) is 0 Å². The Kier molecular flexibility index (Phi) is 1.27. The first-order valence-electron chi connectivity index (χ1n) is 3.56. The van der Waals surface area contributed by atoms with Crippen molar-refractivity contribution >= 4 is 5.78 Å². The van der Waals surface area contributed by atoms with E-state index in [-0.39, 0.29) is 5.56 Å². The Hall–Kier alpha value is -1.65. The van der Waals surface area contributed by atoms with Crippen molar-refractivity contribution in [2.75, 3.05) is 0 Å². The number of hydrogen-bond acceptors (Lipinski definition) is 3. The second-order valence-corrected chi connectivity index (χ2v) is 2.66. The number of hydrogen-bond donors (Lipinski definition) is 0. The minimum absolute atomic E-state index is 0.0920. The van der Waals surface area contributed by atoms with Crippen molar-refractivity contribution in [2.24, 2.45) is 7.05 Å². The van der Waals surface area contributed by atoms with Crippen molar-refractivity contribution < 1.29 is 0 Å². The number of fused-ring (bicyclic) bond motifs is 1. The van der Waals surface area contributed by atoms with Gasteiger partial charge in [-0.05, 0) is 6.92 Å². The van der Waals surface area contributed by atoms with Crippen LogP contribution in [0.3, 0.4) is 0 Å². The average Bonchev–Trinajstić information content (AvgIpc) is 2.33. The molecule has 2 heterocycles. The Balaban J connectivity index is 3.03. The lowest BCUT2D eigenvalue weighted by atomic mass is 10.4. The lowest BCUT2D eigenvalue weighted by molar-refractivity contribution is 0.782. The highest BCUT2D eigenvalue weighted by Crippen LogP contribution is 1.94. The van der Waals surface area contributed by atoms with Gasteiger partial charge in [0.1, 0.15) is 6.33 Å². The molecular formula is C7H8N4O. The summed E-state index contributed by atoms with van der Waals surface area (Å²) in [4.78, 5) is 15.4. The van der Waals surface area contributed by atoms with E-state index in [9.17, 15) is 4.79 Å². The highest BCUT2D eigenvalue weighted by Gasteiger charge is 2.02. The van der Waals surface area contributed by atoms with Gasteiger partial charge in [0.05, 0.1) is 0 Å². The SMILES string of the molecule is Cc1cc(=O)n2cnn(C)c2n1. The summed E-state index contributed by atoms with van der Waals surface area (Å²) in [6.07, 6.45) is 1.46. The summed E-state index contributed by atoms with van der Waals surface area (Å²) in [7, 11) is 1.75. The molecule has 0 fully saturated rings. The molecule has 0 amide bonds. The fourth-order valence-corrected chi connectivity index (χ4v) is 1.11. The Morgan fingerprint density at radius 1 is 1.50 bits per heavy atom. The van der Waals surface area contributed by atoms with Crippen molar-refractivity contribution in [2.45, 2.75) is 6.92 Å². The number of aromatic nitrogens is 4. The molecule has 0 aliphatic heterocycles. The molecule has 12 heavy (non-hydrogen) atoms. The van der Waals surface area contributed by atoms with Crippen LogP contribution in [0.2, 0.25) is 0 Å². The second-order valence-electron chi connectivity index (χ2n) is 2.66. The lowest BCUT2D eigenvalue weighted by Gasteiger charge is -1.94. The van der Waals surface area contributed by atoms with Crippen molar-refractivity contribution in [3.05, 3.63) is 28.4 Å². The predicted octanol–water partition coefficient (Wildman–Crippen LogP) is -0.264. The van der Waals surface area contributed by atoms with Crippen LogP contribution in [-0.4, -0.2) is 19.2 Å². The van der Waals surface area contributed by atoms with Gasteiger partial charge in [-0.3, -0.25) is 4.79 Å². The molecular weight excluding hydrogens is 156 g/mol. The van der Waals surface area contributed by atoms with Gasteiger partial charge >= 0.3 is 0 Å². The van der Waals surface area contributed by atoms with Crippen molar-refractivity contribution in [1.29, 1.82) is 0 Å². The third-order valence-electron chi connectivity index (χ3n) is 1.69. The molecule has 0 saturated carbocycles. The third-order valence-corrected chi connectivity index (χ3v) is 1.69. The zero-order valence-electron chi connectivity index (χ0n) is 6.85. The standard InChI is InChI=1S/C7H8N4O/c1-5-3-6(12)11-4-8-10(2)7(11)9-5/h3-4H,1-2H3. The van der Waals surface area contributed by atoms with E-state index in [1.807, 2.05) is 0 Å². The monoisotopic (exact) mass is 164 g/mol. The van der Waals surface area contributed by atoms with Crippen LogP contribution < -0.4 is 5.56 Å². The Bertz CT molecular complexity index is 482. The van der Waals surface area contributed by atoms with E-state index in [1.54, 1.807) is 18.7 Å². The zero-order chi connectivity index (χ0) is 8.72. The van der Waals surface area contributed by atoms with Crippen LogP contribution in [0.5, 0.6) is 0 Å². The van der Waals surface area contributed by atoms with E-state index < -0.39 is 0 Å². The van der Waals surface area contributed by atoms with Crippen molar-refractivity contribution in [3.63, 3.8) is 0 Å². The van der Waals surface area contributed by atoms with Gasteiger partial charge in [0, 0.05) is 18.8 Å². The molecule has 0 spiro atoms. The molecule has 0 atom stereocenters. The molecule has 5 heteroatoms. The van der Waals surface area contributed by atoms with Crippen LogP contribution in [0, 0.1) is 6.92 Å². The molecule has 62 valence electrons. The van der Waals surface area contributed by atoms with Crippen molar-refractivity contribution in [3.8, 4) is 0 Å². The summed E-state index contributed by atoms with van der Waals surface area (Å²) in [5, 5.41) is 3.91. The normalized spacial score (nSPS) is 10.8. The highest BCUT2D eigenvalue weighted by atomic mass is 16.1. The van der Waals surface area contributed by atoms with E-state index in [0.29, 0.717) is 11.5 Å². The summed E-state index contributed by atoms with van der Waals surface area (Å²) >= 11 is 0. The number of nitrogens with zero attached hydrogens (tertiary/aromatic N) is 4. The molecule has 2 rings (SSSR count). The second kappa shape index (κ2) is 2.17.